The smallest absolute Gasteiger partial charge is 0.311 e. The summed E-state index contributed by atoms with van der Waals surface area (Å²) in [6.07, 6.45) is 2.69. The maximum absolute atomic E-state index is 11.1. The van der Waals surface area contributed by atoms with Gasteiger partial charge >= 0.3 is 5.97 Å². The Balaban J connectivity index is 2.01. The average molecular weight is 248 g/mol. The summed E-state index contributed by atoms with van der Waals surface area (Å²) >= 11 is 1.54. The molecular weight excluding hydrogens is 236 g/mol. The molecule has 0 unspecified atom stereocenters. The van der Waals surface area contributed by atoms with Gasteiger partial charge in [-0.05, 0) is 12.1 Å². The molecule has 0 aliphatic carbocycles. The minimum atomic E-state index is -0.264. The van der Waals surface area contributed by atoms with E-state index in [0.717, 1.165) is 16.4 Å². The van der Waals surface area contributed by atoms with E-state index >= 15 is 0 Å². The van der Waals surface area contributed by atoms with Gasteiger partial charge in [0.2, 0.25) is 0 Å². The van der Waals surface area contributed by atoms with E-state index in [2.05, 4.69) is 14.7 Å². The molecule has 0 aromatic carbocycles. The Labute approximate surface area is 103 Å². The van der Waals surface area contributed by atoms with Crippen LogP contribution in [0.25, 0.3) is 0 Å². The predicted molar refractivity (Wildman–Crippen MR) is 64.9 cm³/mol. The number of aromatic nitrogens is 2. The molecular formula is C12H12N2O2S. The summed E-state index contributed by atoms with van der Waals surface area (Å²) in [5.41, 5.74) is 1.74. The van der Waals surface area contributed by atoms with Gasteiger partial charge in [-0.15, -0.1) is 11.3 Å². The minimum absolute atomic E-state index is 0.231. The highest BCUT2D eigenvalue weighted by molar-refractivity contribution is 7.09. The molecule has 0 saturated heterocycles. The van der Waals surface area contributed by atoms with Gasteiger partial charge in [0.1, 0.15) is 0 Å². The lowest BCUT2D eigenvalue weighted by atomic mass is 10.3. The lowest BCUT2D eigenvalue weighted by Gasteiger charge is -1.96. The number of hydrogen-bond acceptors (Lipinski definition) is 5. The molecule has 2 aromatic heterocycles. The van der Waals surface area contributed by atoms with Crippen molar-refractivity contribution in [3.63, 3.8) is 0 Å². The molecule has 4 nitrogen and oxygen atoms in total. The van der Waals surface area contributed by atoms with E-state index in [4.69, 9.17) is 0 Å². The van der Waals surface area contributed by atoms with Crippen LogP contribution in [0.4, 0.5) is 0 Å². The van der Waals surface area contributed by atoms with Crippen molar-refractivity contribution in [2.24, 2.45) is 0 Å². The second-order valence-electron chi connectivity index (χ2n) is 3.48. The summed E-state index contributed by atoms with van der Waals surface area (Å²) in [4.78, 5) is 19.7. The molecule has 2 heterocycles. The topological polar surface area (TPSA) is 52.1 Å². The number of rotatable bonds is 4. The van der Waals surface area contributed by atoms with Crippen LogP contribution in [0.3, 0.4) is 0 Å². The Hall–Kier alpha value is -1.75. The van der Waals surface area contributed by atoms with Gasteiger partial charge in [-0.3, -0.25) is 9.78 Å². The van der Waals surface area contributed by atoms with Gasteiger partial charge in [-0.25, -0.2) is 4.98 Å². The van der Waals surface area contributed by atoms with Crippen molar-refractivity contribution in [3.05, 3.63) is 46.2 Å². The summed E-state index contributed by atoms with van der Waals surface area (Å²) in [6.45, 7) is 0. The Morgan fingerprint density at radius 3 is 3.00 bits per heavy atom. The molecule has 2 rings (SSSR count). The van der Waals surface area contributed by atoms with E-state index in [1.807, 2.05) is 23.6 Å². The van der Waals surface area contributed by atoms with Crippen molar-refractivity contribution in [1.29, 1.82) is 0 Å². The molecule has 2 aromatic rings. The van der Waals surface area contributed by atoms with Crippen molar-refractivity contribution in [2.45, 2.75) is 12.8 Å². The maximum atomic E-state index is 11.1. The Kier molecular flexibility index (Phi) is 3.82. The Morgan fingerprint density at radius 2 is 2.29 bits per heavy atom. The van der Waals surface area contributed by atoms with E-state index in [9.17, 15) is 4.79 Å². The number of nitrogens with zero attached hydrogens (tertiary/aromatic N) is 2. The van der Waals surface area contributed by atoms with Gasteiger partial charge in [-0.1, -0.05) is 6.07 Å². The van der Waals surface area contributed by atoms with Gasteiger partial charge in [0.25, 0.3) is 0 Å². The third-order valence-corrected chi connectivity index (χ3v) is 3.11. The molecule has 0 N–H and O–H groups in total. The fourth-order valence-corrected chi connectivity index (χ4v) is 2.20. The third-order valence-electron chi connectivity index (χ3n) is 2.21. The van der Waals surface area contributed by atoms with Gasteiger partial charge in [0, 0.05) is 23.7 Å². The molecule has 0 aliphatic rings. The zero-order valence-electron chi connectivity index (χ0n) is 9.42. The first-order chi connectivity index (χ1) is 8.28. The van der Waals surface area contributed by atoms with E-state index in [0.29, 0.717) is 6.42 Å². The van der Waals surface area contributed by atoms with Crippen LogP contribution in [0, 0.1) is 0 Å². The summed E-state index contributed by atoms with van der Waals surface area (Å²) in [5, 5.41) is 2.84. The number of pyridine rings is 1. The summed E-state index contributed by atoms with van der Waals surface area (Å²) < 4.78 is 4.60. The monoisotopic (exact) mass is 248 g/mol. The van der Waals surface area contributed by atoms with Crippen LogP contribution in [0.5, 0.6) is 0 Å². The SMILES string of the molecule is COC(=O)Cc1csc(Cc2ccccn2)n1. The number of ether oxygens (including phenoxy) is 1. The normalized spacial score (nSPS) is 10.2. The van der Waals surface area contributed by atoms with E-state index < -0.39 is 0 Å². The summed E-state index contributed by atoms with van der Waals surface area (Å²) in [7, 11) is 1.38. The van der Waals surface area contributed by atoms with Crippen LogP contribution in [0.1, 0.15) is 16.4 Å². The van der Waals surface area contributed by atoms with Crippen LogP contribution in [-0.4, -0.2) is 23.0 Å². The van der Waals surface area contributed by atoms with Gasteiger partial charge in [0.15, 0.2) is 0 Å². The number of carbonyl (C=O) groups is 1. The molecule has 0 amide bonds. The standard InChI is InChI=1S/C12H12N2O2S/c1-16-12(15)7-10-8-17-11(14-10)6-9-4-2-3-5-13-9/h2-5,8H,6-7H2,1H3. The van der Waals surface area contributed by atoms with Crippen molar-refractivity contribution in [2.75, 3.05) is 7.11 Å². The fourth-order valence-electron chi connectivity index (χ4n) is 1.39. The largest absolute Gasteiger partial charge is 0.469 e. The maximum Gasteiger partial charge on any atom is 0.311 e. The van der Waals surface area contributed by atoms with Crippen LogP contribution in [-0.2, 0) is 22.4 Å². The zero-order chi connectivity index (χ0) is 12.1. The molecule has 0 radical (unpaired) electrons. The molecule has 0 bridgehead atoms. The molecule has 0 fully saturated rings. The fraction of sp³-hybridized carbons (Fsp3) is 0.250. The van der Waals surface area contributed by atoms with E-state index in [1.54, 1.807) is 6.20 Å². The van der Waals surface area contributed by atoms with Crippen molar-refractivity contribution in [3.8, 4) is 0 Å². The number of thiazole rings is 1. The second kappa shape index (κ2) is 5.54. The second-order valence-corrected chi connectivity index (χ2v) is 4.43. The Bertz CT molecular complexity index is 496. The highest BCUT2D eigenvalue weighted by Gasteiger charge is 2.08. The van der Waals surface area contributed by atoms with E-state index in [1.165, 1.54) is 18.4 Å². The molecule has 17 heavy (non-hydrogen) atoms. The Morgan fingerprint density at radius 1 is 1.41 bits per heavy atom. The number of methoxy groups -OCH3 is 1. The molecule has 0 aliphatic heterocycles. The number of esters is 1. The number of hydrogen-bond donors (Lipinski definition) is 0. The minimum Gasteiger partial charge on any atom is -0.469 e. The van der Waals surface area contributed by atoms with Crippen molar-refractivity contribution >= 4 is 17.3 Å². The third kappa shape index (κ3) is 3.35. The van der Waals surface area contributed by atoms with Gasteiger partial charge < -0.3 is 4.74 Å². The molecule has 0 atom stereocenters. The quantitative estimate of drug-likeness (QED) is 0.775. The van der Waals surface area contributed by atoms with Crippen molar-refractivity contribution in [1.82, 2.24) is 9.97 Å². The molecule has 5 heteroatoms. The summed E-state index contributed by atoms with van der Waals surface area (Å²) in [5.74, 6) is -0.264. The lowest BCUT2D eigenvalue weighted by molar-refractivity contribution is -0.139. The average Bonchev–Trinajstić information content (AvgIpc) is 2.77. The molecule has 0 saturated carbocycles. The first kappa shape index (κ1) is 11.7. The van der Waals surface area contributed by atoms with Crippen LogP contribution >= 0.6 is 11.3 Å². The predicted octanol–water partition coefficient (Wildman–Crippen LogP) is 1.84. The van der Waals surface area contributed by atoms with Crippen LogP contribution in [0.15, 0.2) is 29.8 Å². The van der Waals surface area contributed by atoms with Crippen LogP contribution in [0.2, 0.25) is 0 Å². The highest BCUT2D eigenvalue weighted by atomic mass is 32.1. The van der Waals surface area contributed by atoms with E-state index in [-0.39, 0.29) is 12.4 Å². The lowest BCUT2D eigenvalue weighted by Crippen LogP contribution is -2.04. The molecule has 0 spiro atoms. The zero-order valence-corrected chi connectivity index (χ0v) is 10.2. The van der Waals surface area contributed by atoms with Gasteiger partial charge in [0.05, 0.1) is 24.2 Å². The first-order valence-corrected chi connectivity index (χ1v) is 6.06. The van der Waals surface area contributed by atoms with Gasteiger partial charge in [-0.2, -0.15) is 0 Å². The molecule has 88 valence electrons. The highest BCUT2D eigenvalue weighted by Crippen LogP contribution is 2.14. The number of carbonyl (C=O) groups excluding carboxylic acids is 1. The first-order valence-electron chi connectivity index (χ1n) is 5.18. The van der Waals surface area contributed by atoms with Crippen LogP contribution < -0.4 is 0 Å². The van der Waals surface area contributed by atoms with Crippen molar-refractivity contribution < 1.29 is 9.53 Å². The summed E-state index contributed by atoms with van der Waals surface area (Å²) in [6, 6.07) is 5.79.